The molecule has 0 bridgehead atoms. The monoisotopic (exact) mass is 298 g/mol. The summed E-state index contributed by atoms with van der Waals surface area (Å²) in [7, 11) is 0. The molecule has 2 aromatic carbocycles. The van der Waals surface area contributed by atoms with Crippen LogP contribution in [-0.4, -0.2) is 5.12 Å². The summed E-state index contributed by atoms with van der Waals surface area (Å²) in [5.74, 6) is 0.576. The van der Waals surface area contributed by atoms with E-state index in [1.807, 2.05) is 37.3 Å². The van der Waals surface area contributed by atoms with Gasteiger partial charge in [-0.05, 0) is 35.6 Å². The van der Waals surface area contributed by atoms with Crippen molar-refractivity contribution in [2.75, 3.05) is 0 Å². The molecule has 21 heavy (non-hydrogen) atoms. The van der Waals surface area contributed by atoms with Crippen molar-refractivity contribution < 1.29 is 4.79 Å². The van der Waals surface area contributed by atoms with E-state index in [9.17, 15) is 4.79 Å². The van der Waals surface area contributed by atoms with Gasteiger partial charge in [0, 0.05) is 4.90 Å². The minimum absolute atomic E-state index is 0.0803. The highest BCUT2D eigenvalue weighted by Crippen LogP contribution is 2.28. The summed E-state index contributed by atoms with van der Waals surface area (Å²) in [6, 6.07) is 18.3. The molecule has 0 N–H and O–H groups in total. The number of hydrogen-bond donors (Lipinski definition) is 0. The average Bonchev–Trinajstić information content (AvgIpc) is 2.47. The highest BCUT2D eigenvalue weighted by Gasteiger charge is 2.16. The van der Waals surface area contributed by atoms with Crippen molar-refractivity contribution in [1.82, 2.24) is 0 Å². The number of rotatable bonds is 5. The third kappa shape index (κ3) is 4.75. The second kappa shape index (κ2) is 7.46. The third-order valence-corrected chi connectivity index (χ3v) is 4.50. The SMILES string of the molecule is CC(C)Cc1ccc(C(C)C(=O)Sc2ccccc2)cc1. The van der Waals surface area contributed by atoms with Gasteiger partial charge in [0.2, 0.25) is 5.12 Å². The molecule has 0 amide bonds. The molecule has 0 aliphatic heterocycles. The zero-order chi connectivity index (χ0) is 15.2. The number of hydrogen-bond acceptors (Lipinski definition) is 2. The Balaban J connectivity index is 2.02. The van der Waals surface area contributed by atoms with Crippen molar-refractivity contribution in [2.45, 2.75) is 38.0 Å². The van der Waals surface area contributed by atoms with Gasteiger partial charge >= 0.3 is 0 Å². The van der Waals surface area contributed by atoms with Gasteiger partial charge in [0.05, 0.1) is 5.92 Å². The molecule has 110 valence electrons. The molecule has 0 spiro atoms. The highest BCUT2D eigenvalue weighted by molar-refractivity contribution is 8.13. The minimum Gasteiger partial charge on any atom is -0.286 e. The molecule has 0 aromatic heterocycles. The number of benzene rings is 2. The molecule has 1 atom stereocenters. The summed E-state index contributed by atoms with van der Waals surface area (Å²) in [6.45, 7) is 6.42. The molecule has 0 saturated carbocycles. The summed E-state index contributed by atoms with van der Waals surface area (Å²) in [5, 5.41) is 0.192. The second-order valence-electron chi connectivity index (χ2n) is 5.80. The maximum atomic E-state index is 12.3. The van der Waals surface area contributed by atoms with Crippen LogP contribution in [0.5, 0.6) is 0 Å². The Bertz CT molecular complexity index is 572. The molecule has 0 aliphatic rings. The first kappa shape index (κ1) is 15.8. The van der Waals surface area contributed by atoms with Crippen LogP contribution in [0.4, 0.5) is 0 Å². The molecule has 2 aromatic rings. The molecule has 0 aliphatic carbocycles. The molecule has 1 unspecified atom stereocenters. The Morgan fingerprint density at radius 2 is 1.57 bits per heavy atom. The van der Waals surface area contributed by atoms with E-state index in [1.54, 1.807) is 0 Å². The van der Waals surface area contributed by atoms with Crippen LogP contribution in [0, 0.1) is 5.92 Å². The van der Waals surface area contributed by atoms with Crippen molar-refractivity contribution in [3.63, 3.8) is 0 Å². The van der Waals surface area contributed by atoms with Gasteiger partial charge in [-0.3, -0.25) is 4.79 Å². The fourth-order valence-electron chi connectivity index (χ4n) is 2.24. The van der Waals surface area contributed by atoms with Crippen LogP contribution in [0.25, 0.3) is 0 Å². The van der Waals surface area contributed by atoms with Crippen LogP contribution < -0.4 is 0 Å². The number of carbonyl (C=O) groups excluding carboxylic acids is 1. The normalized spacial score (nSPS) is 12.4. The summed E-state index contributed by atoms with van der Waals surface area (Å²) >= 11 is 1.32. The van der Waals surface area contributed by atoms with E-state index >= 15 is 0 Å². The lowest BCUT2D eigenvalue weighted by atomic mass is 9.97. The van der Waals surface area contributed by atoms with Crippen molar-refractivity contribution in [1.29, 1.82) is 0 Å². The molecule has 1 nitrogen and oxygen atoms in total. The van der Waals surface area contributed by atoms with E-state index in [0.717, 1.165) is 16.9 Å². The lowest BCUT2D eigenvalue weighted by molar-refractivity contribution is -0.111. The Morgan fingerprint density at radius 3 is 2.14 bits per heavy atom. The van der Waals surface area contributed by atoms with Crippen molar-refractivity contribution >= 4 is 16.9 Å². The molecule has 0 saturated heterocycles. The van der Waals surface area contributed by atoms with Crippen molar-refractivity contribution in [3.8, 4) is 0 Å². The van der Waals surface area contributed by atoms with E-state index in [-0.39, 0.29) is 11.0 Å². The van der Waals surface area contributed by atoms with Gasteiger partial charge < -0.3 is 0 Å². The Hall–Kier alpha value is -1.54. The number of thioether (sulfide) groups is 1. The van der Waals surface area contributed by atoms with Crippen LogP contribution in [0.3, 0.4) is 0 Å². The van der Waals surface area contributed by atoms with E-state index < -0.39 is 0 Å². The summed E-state index contributed by atoms with van der Waals surface area (Å²) in [4.78, 5) is 13.3. The fraction of sp³-hybridized carbons (Fsp3) is 0.316. The van der Waals surface area contributed by atoms with Gasteiger partial charge in [0.1, 0.15) is 0 Å². The van der Waals surface area contributed by atoms with Gasteiger partial charge in [-0.25, -0.2) is 0 Å². The molecule has 0 fully saturated rings. The molecule has 0 radical (unpaired) electrons. The first-order valence-electron chi connectivity index (χ1n) is 7.42. The van der Waals surface area contributed by atoms with Crippen molar-refractivity contribution in [3.05, 3.63) is 65.7 Å². The van der Waals surface area contributed by atoms with Gasteiger partial charge in [-0.2, -0.15) is 0 Å². The van der Waals surface area contributed by atoms with Crippen LogP contribution >= 0.6 is 11.8 Å². The Labute approximate surface area is 131 Å². The third-order valence-electron chi connectivity index (χ3n) is 3.44. The van der Waals surface area contributed by atoms with E-state index in [1.165, 1.54) is 17.3 Å². The second-order valence-corrected chi connectivity index (χ2v) is 6.87. The van der Waals surface area contributed by atoms with Gasteiger partial charge in [-0.15, -0.1) is 0 Å². The van der Waals surface area contributed by atoms with Crippen LogP contribution in [-0.2, 0) is 11.2 Å². The average molecular weight is 298 g/mol. The van der Waals surface area contributed by atoms with E-state index in [4.69, 9.17) is 0 Å². The quantitative estimate of drug-likeness (QED) is 0.696. The van der Waals surface area contributed by atoms with E-state index in [2.05, 4.69) is 38.1 Å². The maximum absolute atomic E-state index is 12.3. The Morgan fingerprint density at radius 1 is 0.952 bits per heavy atom. The zero-order valence-electron chi connectivity index (χ0n) is 12.9. The van der Waals surface area contributed by atoms with Crippen LogP contribution in [0.15, 0.2) is 59.5 Å². The molecule has 2 rings (SSSR count). The van der Waals surface area contributed by atoms with E-state index in [0.29, 0.717) is 5.92 Å². The first-order chi connectivity index (χ1) is 10.1. The van der Waals surface area contributed by atoms with Crippen molar-refractivity contribution in [2.24, 2.45) is 5.92 Å². The number of carbonyl (C=O) groups is 1. The lowest BCUT2D eigenvalue weighted by Crippen LogP contribution is -2.05. The van der Waals surface area contributed by atoms with Gasteiger partial charge in [0.15, 0.2) is 0 Å². The lowest BCUT2D eigenvalue weighted by Gasteiger charge is -2.12. The van der Waals surface area contributed by atoms with Gasteiger partial charge in [-0.1, -0.05) is 75.0 Å². The first-order valence-corrected chi connectivity index (χ1v) is 8.23. The van der Waals surface area contributed by atoms with Crippen LogP contribution in [0.1, 0.15) is 37.8 Å². The van der Waals surface area contributed by atoms with Crippen LogP contribution in [0.2, 0.25) is 0 Å². The zero-order valence-corrected chi connectivity index (χ0v) is 13.7. The maximum Gasteiger partial charge on any atom is 0.200 e. The summed E-state index contributed by atoms with van der Waals surface area (Å²) < 4.78 is 0. The smallest absolute Gasteiger partial charge is 0.200 e. The molecular weight excluding hydrogens is 276 g/mol. The predicted molar refractivity (Wildman–Crippen MR) is 90.7 cm³/mol. The highest BCUT2D eigenvalue weighted by atomic mass is 32.2. The molecule has 0 heterocycles. The fourth-order valence-corrected chi connectivity index (χ4v) is 3.08. The summed E-state index contributed by atoms with van der Waals surface area (Å²) in [6.07, 6.45) is 1.08. The standard InChI is InChI=1S/C19H22OS/c1-14(2)13-16-9-11-17(12-10-16)15(3)19(20)21-18-7-5-4-6-8-18/h4-12,14-15H,13H2,1-3H3. The molecule has 2 heteroatoms. The Kier molecular flexibility index (Phi) is 5.63. The predicted octanol–water partition coefficient (Wildman–Crippen LogP) is 5.31. The molecular formula is C19H22OS. The topological polar surface area (TPSA) is 17.1 Å². The summed E-state index contributed by atoms with van der Waals surface area (Å²) in [5.41, 5.74) is 2.43. The minimum atomic E-state index is -0.0803. The largest absolute Gasteiger partial charge is 0.286 e. The van der Waals surface area contributed by atoms with Gasteiger partial charge in [0.25, 0.3) is 0 Å².